The minimum absolute atomic E-state index is 0.0144. The lowest BCUT2D eigenvalue weighted by atomic mass is 10.0. The van der Waals surface area contributed by atoms with E-state index in [4.69, 9.17) is 0 Å². The Kier molecular flexibility index (Phi) is 6.25. The fourth-order valence-electron chi connectivity index (χ4n) is 4.95. The smallest absolute Gasteiger partial charge is 0.195 e. The molecule has 6 nitrogen and oxygen atoms in total. The van der Waals surface area contributed by atoms with Gasteiger partial charge in [0.1, 0.15) is 0 Å². The van der Waals surface area contributed by atoms with Crippen molar-refractivity contribution in [1.82, 2.24) is 15.3 Å². The predicted molar refractivity (Wildman–Crippen MR) is 152 cm³/mol. The Morgan fingerprint density at radius 3 is 2.51 bits per heavy atom. The number of anilines is 2. The summed E-state index contributed by atoms with van der Waals surface area (Å²) in [6, 6.07) is 24.3. The van der Waals surface area contributed by atoms with Gasteiger partial charge in [-0.25, -0.2) is 0 Å². The van der Waals surface area contributed by atoms with E-state index in [-0.39, 0.29) is 5.43 Å². The van der Waals surface area contributed by atoms with Gasteiger partial charge < -0.3 is 15.5 Å². The first-order valence-corrected chi connectivity index (χ1v) is 12.7. The molecule has 184 valence electrons. The van der Waals surface area contributed by atoms with Gasteiger partial charge in [-0.05, 0) is 65.9 Å². The fourth-order valence-corrected chi connectivity index (χ4v) is 4.95. The Morgan fingerprint density at radius 2 is 1.70 bits per heavy atom. The molecule has 1 saturated heterocycles. The molecule has 2 aromatic heterocycles. The lowest BCUT2D eigenvalue weighted by molar-refractivity contribution is 0.589. The van der Waals surface area contributed by atoms with Crippen LogP contribution in [0.5, 0.6) is 0 Å². The summed E-state index contributed by atoms with van der Waals surface area (Å²) in [6.45, 7) is 6.69. The lowest BCUT2D eigenvalue weighted by Crippen LogP contribution is -2.43. The van der Waals surface area contributed by atoms with Crippen molar-refractivity contribution in [3.05, 3.63) is 107 Å². The number of hydrogen-bond acceptors (Lipinski definition) is 6. The predicted octanol–water partition coefficient (Wildman–Crippen LogP) is 5.14. The number of piperazine rings is 1. The van der Waals surface area contributed by atoms with Crippen molar-refractivity contribution in [2.24, 2.45) is 0 Å². The number of aromatic nitrogens is 2. The number of nitrogens with one attached hydrogen (secondary N) is 2. The van der Waals surface area contributed by atoms with E-state index >= 15 is 0 Å². The molecule has 0 atom stereocenters. The number of rotatable bonds is 5. The third-order valence-electron chi connectivity index (χ3n) is 7.14. The van der Waals surface area contributed by atoms with E-state index in [1.54, 1.807) is 6.20 Å². The summed E-state index contributed by atoms with van der Waals surface area (Å²) in [5, 5.41) is 9.00. The maximum atomic E-state index is 13.7. The highest BCUT2D eigenvalue weighted by Gasteiger charge is 2.11. The standard InChI is InChI=1S/C31H29N5O/c1-21-3-2-12-33-30(21)20-34-25-8-4-23-7-11-29-28(31(37)27(23)18-25)17-24(19-35-29)22-5-9-26(10-6-22)36-15-13-32-14-16-36/h2-12,17-19,32,34H,13-16,20H2,1H3. The van der Waals surface area contributed by atoms with Crippen molar-refractivity contribution in [2.45, 2.75) is 13.5 Å². The molecule has 1 aliphatic rings. The Morgan fingerprint density at radius 1 is 0.892 bits per heavy atom. The third kappa shape index (κ3) is 4.76. The van der Waals surface area contributed by atoms with Crippen LogP contribution in [0.2, 0.25) is 0 Å². The van der Waals surface area contributed by atoms with Crippen LogP contribution in [0.25, 0.3) is 32.8 Å². The van der Waals surface area contributed by atoms with Gasteiger partial charge in [-0.3, -0.25) is 14.8 Å². The highest BCUT2D eigenvalue weighted by molar-refractivity contribution is 5.94. The summed E-state index contributed by atoms with van der Waals surface area (Å²) in [6.07, 6.45) is 3.66. The van der Waals surface area contributed by atoms with Crippen LogP contribution in [0.1, 0.15) is 11.3 Å². The van der Waals surface area contributed by atoms with E-state index < -0.39 is 0 Å². The monoisotopic (exact) mass is 487 g/mol. The molecular weight excluding hydrogens is 458 g/mol. The van der Waals surface area contributed by atoms with Crippen LogP contribution >= 0.6 is 0 Å². The van der Waals surface area contributed by atoms with Gasteiger partial charge >= 0.3 is 0 Å². The first-order chi connectivity index (χ1) is 18.2. The van der Waals surface area contributed by atoms with E-state index in [1.165, 1.54) is 5.69 Å². The summed E-state index contributed by atoms with van der Waals surface area (Å²) in [5.74, 6) is 0. The molecule has 0 radical (unpaired) electrons. The number of aryl methyl sites for hydroxylation is 1. The van der Waals surface area contributed by atoms with Gasteiger partial charge in [0.2, 0.25) is 0 Å². The summed E-state index contributed by atoms with van der Waals surface area (Å²) in [5.41, 5.74) is 6.92. The zero-order valence-corrected chi connectivity index (χ0v) is 20.9. The van der Waals surface area contributed by atoms with Gasteiger partial charge in [0, 0.05) is 66.3 Å². The van der Waals surface area contributed by atoms with Crippen molar-refractivity contribution in [3.8, 4) is 11.1 Å². The number of fused-ring (bicyclic) bond motifs is 2. The van der Waals surface area contributed by atoms with Crippen molar-refractivity contribution < 1.29 is 0 Å². The van der Waals surface area contributed by atoms with Gasteiger partial charge in [-0.15, -0.1) is 0 Å². The van der Waals surface area contributed by atoms with Crippen LogP contribution in [0.3, 0.4) is 0 Å². The molecule has 3 aromatic carbocycles. The second kappa shape index (κ2) is 9.99. The molecule has 0 spiro atoms. The molecule has 0 bridgehead atoms. The van der Waals surface area contributed by atoms with Crippen LogP contribution in [0.15, 0.2) is 90.0 Å². The van der Waals surface area contributed by atoms with Crippen molar-refractivity contribution in [3.63, 3.8) is 0 Å². The molecule has 0 saturated carbocycles. The zero-order valence-electron chi connectivity index (χ0n) is 20.9. The molecule has 1 aliphatic heterocycles. The molecule has 6 heteroatoms. The van der Waals surface area contributed by atoms with Crippen molar-refractivity contribution in [1.29, 1.82) is 0 Å². The van der Waals surface area contributed by atoms with Crippen LogP contribution < -0.4 is 21.0 Å². The fraction of sp³-hybridized carbons (Fsp3) is 0.194. The molecule has 0 amide bonds. The zero-order chi connectivity index (χ0) is 25.2. The second-order valence-electron chi connectivity index (χ2n) is 9.53. The van der Waals surface area contributed by atoms with Crippen LogP contribution in [0.4, 0.5) is 11.4 Å². The number of nitrogens with zero attached hydrogens (tertiary/aromatic N) is 3. The maximum Gasteiger partial charge on any atom is 0.195 e. The second-order valence-corrected chi connectivity index (χ2v) is 9.53. The highest BCUT2D eigenvalue weighted by Crippen LogP contribution is 2.26. The number of hydrogen-bond donors (Lipinski definition) is 2. The summed E-state index contributed by atoms with van der Waals surface area (Å²) >= 11 is 0. The van der Waals surface area contributed by atoms with E-state index in [1.807, 2.05) is 48.7 Å². The van der Waals surface area contributed by atoms with Crippen molar-refractivity contribution >= 4 is 33.1 Å². The summed E-state index contributed by atoms with van der Waals surface area (Å²) in [4.78, 5) is 25.2. The van der Waals surface area contributed by atoms with Crippen molar-refractivity contribution in [2.75, 3.05) is 36.4 Å². The molecule has 6 rings (SSSR count). The van der Waals surface area contributed by atoms with Crippen LogP contribution in [-0.2, 0) is 6.54 Å². The highest BCUT2D eigenvalue weighted by atomic mass is 16.1. The largest absolute Gasteiger partial charge is 0.379 e. The molecule has 2 N–H and O–H groups in total. The SMILES string of the molecule is Cc1cccnc1CNc1ccc2ccc3ncc(-c4ccc(N5CCNCC5)cc4)cc3c(=O)c2c1. The maximum absolute atomic E-state index is 13.7. The molecule has 1 fully saturated rings. The molecule has 37 heavy (non-hydrogen) atoms. The number of benzene rings is 2. The Hall–Kier alpha value is -4.29. The summed E-state index contributed by atoms with van der Waals surface area (Å²) in [7, 11) is 0. The molecule has 3 heterocycles. The molecule has 0 unspecified atom stereocenters. The Labute approximate surface area is 216 Å². The Bertz CT molecular complexity index is 1640. The minimum Gasteiger partial charge on any atom is -0.379 e. The van der Waals surface area contributed by atoms with Crippen LogP contribution in [0, 0.1) is 6.92 Å². The minimum atomic E-state index is -0.0144. The van der Waals surface area contributed by atoms with Gasteiger partial charge in [-0.2, -0.15) is 0 Å². The quantitative estimate of drug-likeness (QED) is 0.358. The Balaban J connectivity index is 1.34. The third-order valence-corrected chi connectivity index (χ3v) is 7.14. The lowest BCUT2D eigenvalue weighted by Gasteiger charge is -2.29. The van der Waals surface area contributed by atoms with Gasteiger partial charge in [0.15, 0.2) is 5.43 Å². The van der Waals surface area contributed by atoms with Gasteiger partial charge in [0.05, 0.1) is 17.8 Å². The first-order valence-electron chi connectivity index (χ1n) is 12.7. The summed E-state index contributed by atoms with van der Waals surface area (Å²) < 4.78 is 0. The van der Waals surface area contributed by atoms with Gasteiger partial charge in [0.25, 0.3) is 0 Å². The molecular formula is C31H29N5O. The van der Waals surface area contributed by atoms with E-state index in [9.17, 15) is 4.79 Å². The molecule has 5 aromatic rings. The van der Waals surface area contributed by atoms with E-state index in [0.717, 1.165) is 59.6 Å². The number of pyridine rings is 2. The average Bonchev–Trinajstić information content (AvgIpc) is 3.09. The van der Waals surface area contributed by atoms with E-state index in [2.05, 4.69) is 62.8 Å². The van der Waals surface area contributed by atoms with Crippen LogP contribution in [-0.4, -0.2) is 36.1 Å². The first kappa shape index (κ1) is 23.1. The molecule has 0 aliphatic carbocycles. The normalized spacial score (nSPS) is 13.7. The topological polar surface area (TPSA) is 70.2 Å². The van der Waals surface area contributed by atoms with Gasteiger partial charge in [-0.1, -0.05) is 30.3 Å². The average molecular weight is 488 g/mol. The van der Waals surface area contributed by atoms with E-state index in [0.29, 0.717) is 22.8 Å².